The molecule has 1 saturated heterocycles. The highest BCUT2D eigenvalue weighted by atomic mass is 19.1. The lowest BCUT2D eigenvalue weighted by molar-refractivity contribution is -0.167. The van der Waals surface area contributed by atoms with Crippen molar-refractivity contribution in [1.29, 1.82) is 0 Å². The second-order valence-corrected chi connectivity index (χ2v) is 9.58. The number of nitrogens with zero attached hydrogens (tertiary/aromatic N) is 2. The number of carbonyl (C=O) groups excluding carboxylic acids is 4. The smallest absolute Gasteiger partial charge is 0.412 e. The molecule has 4 amide bonds. The maximum absolute atomic E-state index is 13.4. The Hall–Kier alpha value is -4.87. The summed E-state index contributed by atoms with van der Waals surface area (Å²) < 4.78 is 35.2. The number of alkyl halides is 2. The SMILES string of the molecule is COC(=O)[C@@H]1[C@@H](Cc2ccnc(NC(=O)OCC(F)CCF)c2)C(=O)N1C(=O)Nc1ccccc1Cc1ccccc1. The maximum Gasteiger partial charge on any atom is 0.412 e. The van der Waals surface area contributed by atoms with Crippen LogP contribution in [0.2, 0.25) is 0 Å². The molecule has 3 aromatic rings. The average molecular weight is 581 g/mol. The number of likely N-dealkylation sites (tertiary alicyclic amines) is 1. The Balaban J connectivity index is 1.42. The number of β-lactam (4-membered cyclic amide) rings is 1. The van der Waals surface area contributed by atoms with E-state index in [1.165, 1.54) is 19.4 Å². The number of hydrogen-bond donors (Lipinski definition) is 2. The number of imide groups is 1. The third-order valence-electron chi connectivity index (χ3n) is 6.70. The lowest BCUT2D eigenvalue weighted by Gasteiger charge is -2.43. The van der Waals surface area contributed by atoms with Gasteiger partial charge in [-0.25, -0.2) is 28.7 Å². The van der Waals surface area contributed by atoms with E-state index in [0.717, 1.165) is 16.0 Å². The number of aromatic nitrogens is 1. The van der Waals surface area contributed by atoms with E-state index in [1.807, 2.05) is 42.5 Å². The molecule has 1 fully saturated rings. The van der Waals surface area contributed by atoms with Crippen molar-refractivity contribution >= 4 is 35.5 Å². The van der Waals surface area contributed by atoms with Gasteiger partial charge in [-0.15, -0.1) is 0 Å². The molecule has 3 atom stereocenters. The van der Waals surface area contributed by atoms with Crippen LogP contribution in [0.5, 0.6) is 0 Å². The average Bonchev–Trinajstić information content (AvgIpc) is 2.99. The van der Waals surface area contributed by atoms with Crippen LogP contribution in [-0.4, -0.2) is 66.5 Å². The van der Waals surface area contributed by atoms with Gasteiger partial charge in [0.15, 0.2) is 6.04 Å². The number of halogens is 2. The van der Waals surface area contributed by atoms with Crippen molar-refractivity contribution in [2.45, 2.75) is 31.5 Å². The minimum atomic E-state index is -1.63. The van der Waals surface area contributed by atoms with Crippen molar-refractivity contribution in [2.24, 2.45) is 5.92 Å². The van der Waals surface area contributed by atoms with Gasteiger partial charge >= 0.3 is 18.1 Å². The number of hydrogen-bond acceptors (Lipinski definition) is 7. The largest absolute Gasteiger partial charge is 0.467 e. The molecule has 2 aromatic carbocycles. The molecule has 0 saturated carbocycles. The molecule has 1 aromatic heterocycles. The minimum Gasteiger partial charge on any atom is -0.467 e. The number of benzene rings is 2. The summed E-state index contributed by atoms with van der Waals surface area (Å²) in [5.74, 6) is -2.17. The molecule has 42 heavy (non-hydrogen) atoms. The summed E-state index contributed by atoms with van der Waals surface area (Å²) >= 11 is 0. The van der Waals surface area contributed by atoms with Gasteiger partial charge in [0.2, 0.25) is 5.91 Å². The predicted molar refractivity (Wildman–Crippen MR) is 149 cm³/mol. The van der Waals surface area contributed by atoms with Gasteiger partial charge in [-0.05, 0) is 47.7 Å². The highest BCUT2D eigenvalue weighted by molar-refractivity contribution is 6.11. The third kappa shape index (κ3) is 7.45. The van der Waals surface area contributed by atoms with Crippen LogP contribution in [0.1, 0.15) is 23.1 Å². The molecular weight excluding hydrogens is 550 g/mol. The molecule has 12 heteroatoms. The third-order valence-corrected chi connectivity index (χ3v) is 6.70. The van der Waals surface area contributed by atoms with E-state index in [2.05, 4.69) is 15.6 Å². The second-order valence-electron chi connectivity index (χ2n) is 9.58. The van der Waals surface area contributed by atoms with Crippen molar-refractivity contribution in [3.05, 3.63) is 89.6 Å². The molecule has 1 aliphatic heterocycles. The first-order chi connectivity index (χ1) is 20.3. The molecule has 2 heterocycles. The molecule has 4 rings (SSSR count). The van der Waals surface area contributed by atoms with E-state index in [0.29, 0.717) is 17.7 Å². The van der Waals surface area contributed by atoms with Gasteiger partial charge in [0.1, 0.15) is 18.6 Å². The van der Waals surface area contributed by atoms with Crippen molar-refractivity contribution in [3.63, 3.8) is 0 Å². The highest BCUT2D eigenvalue weighted by Gasteiger charge is 2.55. The Morgan fingerprint density at radius 3 is 2.50 bits per heavy atom. The number of anilines is 2. The molecule has 1 unspecified atom stereocenters. The summed E-state index contributed by atoms with van der Waals surface area (Å²) in [4.78, 5) is 55.8. The van der Waals surface area contributed by atoms with E-state index in [9.17, 15) is 28.0 Å². The number of methoxy groups -OCH3 is 1. The Bertz CT molecular complexity index is 1420. The Morgan fingerprint density at radius 2 is 1.76 bits per heavy atom. The standard InChI is InChI=1S/C30H30F2N4O6/c1-41-28(38)26-23(16-20-12-14-33-25(17-20)35-30(40)42-18-22(32)11-13-31)27(37)36(26)29(39)34-24-10-6-5-9-21(24)15-19-7-3-2-4-8-19/h2-10,12,14,17,22-23,26H,11,13,15-16,18H2,1H3,(H,34,39)(H,33,35,40)/t22?,23-,26+/m1/s1. The first kappa shape index (κ1) is 30.1. The van der Waals surface area contributed by atoms with Crippen LogP contribution in [0, 0.1) is 5.92 Å². The van der Waals surface area contributed by atoms with Gasteiger partial charge < -0.3 is 14.8 Å². The van der Waals surface area contributed by atoms with Crippen molar-refractivity contribution in [1.82, 2.24) is 9.88 Å². The van der Waals surface area contributed by atoms with Crippen molar-refractivity contribution in [2.75, 3.05) is 31.0 Å². The lowest BCUT2D eigenvalue weighted by atomic mass is 9.82. The fourth-order valence-electron chi connectivity index (χ4n) is 4.58. The fraction of sp³-hybridized carbons (Fsp3) is 0.300. The minimum absolute atomic E-state index is 0.0439. The predicted octanol–water partition coefficient (Wildman–Crippen LogP) is 4.69. The van der Waals surface area contributed by atoms with Gasteiger partial charge in [-0.2, -0.15) is 0 Å². The number of nitrogens with one attached hydrogen (secondary N) is 2. The van der Waals surface area contributed by atoms with Crippen LogP contribution >= 0.6 is 0 Å². The Morgan fingerprint density at radius 1 is 1.02 bits per heavy atom. The molecular formula is C30H30F2N4O6. The summed E-state index contributed by atoms with van der Waals surface area (Å²) in [5.41, 5.74) is 2.90. The zero-order valence-electron chi connectivity index (χ0n) is 22.8. The quantitative estimate of drug-likeness (QED) is 0.249. The summed E-state index contributed by atoms with van der Waals surface area (Å²) in [7, 11) is 1.17. The van der Waals surface area contributed by atoms with Gasteiger partial charge in [-0.1, -0.05) is 48.5 Å². The van der Waals surface area contributed by atoms with Crippen LogP contribution in [0.15, 0.2) is 72.9 Å². The molecule has 220 valence electrons. The number of para-hydroxylation sites is 1. The topological polar surface area (TPSA) is 127 Å². The van der Waals surface area contributed by atoms with Crippen LogP contribution in [-0.2, 0) is 31.9 Å². The second kappa shape index (κ2) is 14.2. The summed E-state index contributed by atoms with van der Waals surface area (Å²) in [6.07, 6.45) is -1.03. The van der Waals surface area contributed by atoms with E-state index in [4.69, 9.17) is 9.47 Å². The molecule has 1 aliphatic rings. The monoisotopic (exact) mass is 580 g/mol. The van der Waals surface area contributed by atoms with Crippen LogP contribution in [0.4, 0.5) is 29.9 Å². The van der Waals surface area contributed by atoms with E-state index in [-0.39, 0.29) is 18.7 Å². The first-order valence-corrected chi connectivity index (χ1v) is 13.2. The molecule has 2 N–H and O–H groups in total. The highest BCUT2D eigenvalue weighted by Crippen LogP contribution is 2.32. The zero-order chi connectivity index (χ0) is 30.1. The summed E-state index contributed by atoms with van der Waals surface area (Å²) in [6.45, 7) is -1.48. The molecule has 10 nitrogen and oxygen atoms in total. The first-order valence-electron chi connectivity index (χ1n) is 13.2. The number of carbonyl (C=O) groups is 4. The van der Waals surface area contributed by atoms with Gasteiger partial charge in [0.25, 0.3) is 0 Å². The normalized spacial score (nSPS) is 16.6. The van der Waals surface area contributed by atoms with Gasteiger partial charge in [0.05, 0.1) is 19.7 Å². The molecule has 0 spiro atoms. The lowest BCUT2D eigenvalue weighted by Crippen LogP contribution is -2.67. The van der Waals surface area contributed by atoms with Crippen LogP contribution in [0.3, 0.4) is 0 Å². The molecule has 0 bridgehead atoms. The number of rotatable bonds is 11. The fourth-order valence-corrected chi connectivity index (χ4v) is 4.58. The molecule has 0 radical (unpaired) electrons. The number of amides is 4. The number of esters is 1. The maximum atomic E-state index is 13.4. The van der Waals surface area contributed by atoms with E-state index in [1.54, 1.807) is 18.2 Å². The number of pyridine rings is 1. The summed E-state index contributed by atoms with van der Waals surface area (Å²) in [6, 6.07) is 18.0. The van der Waals surface area contributed by atoms with Crippen molar-refractivity contribution in [3.8, 4) is 0 Å². The number of urea groups is 1. The van der Waals surface area contributed by atoms with Crippen LogP contribution in [0.25, 0.3) is 0 Å². The Kier molecular flexibility index (Phi) is 10.1. The Labute approximate surface area is 241 Å². The van der Waals surface area contributed by atoms with Crippen LogP contribution < -0.4 is 10.6 Å². The van der Waals surface area contributed by atoms with Gasteiger partial charge in [-0.3, -0.25) is 14.5 Å². The number of ether oxygens (including phenoxy) is 2. The molecule has 0 aliphatic carbocycles. The zero-order valence-corrected chi connectivity index (χ0v) is 22.8. The van der Waals surface area contributed by atoms with E-state index < -0.39 is 55.4 Å². The van der Waals surface area contributed by atoms with E-state index >= 15 is 0 Å². The van der Waals surface area contributed by atoms with Gasteiger partial charge in [0, 0.05) is 18.3 Å². The van der Waals surface area contributed by atoms with Crippen molar-refractivity contribution < 1.29 is 37.4 Å². The summed E-state index contributed by atoms with van der Waals surface area (Å²) in [5, 5.41) is 5.09.